The lowest BCUT2D eigenvalue weighted by Gasteiger charge is -2.31. The highest BCUT2D eigenvalue weighted by molar-refractivity contribution is 7.89. The van der Waals surface area contributed by atoms with Gasteiger partial charge in [0.1, 0.15) is 0 Å². The maximum Gasteiger partial charge on any atom is 0.243 e. The first-order valence-electron chi connectivity index (χ1n) is 10.3. The molecule has 1 N–H and O–H groups in total. The molecule has 1 saturated heterocycles. The summed E-state index contributed by atoms with van der Waals surface area (Å²) in [6.07, 6.45) is 0. The van der Waals surface area contributed by atoms with Crippen LogP contribution in [0.4, 0.5) is 5.69 Å². The average Bonchev–Trinajstić information content (AvgIpc) is 2.78. The van der Waals surface area contributed by atoms with E-state index >= 15 is 0 Å². The van der Waals surface area contributed by atoms with Gasteiger partial charge in [-0.1, -0.05) is 25.1 Å². The average molecular weight is 481 g/mol. The lowest BCUT2D eigenvalue weighted by atomic mass is 10.3. The molecule has 11 heteroatoms. The van der Waals surface area contributed by atoms with Crippen molar-refractivity contribution in [3.63, 3.8) is 0 Å². The van der Waals surface area contributed by atoms with Crippen molar-refractivity contribution < 1.29 is 21.6 Å². The molecule has 0 radical (unpaired) electrons. The molecule has 0 unspecified atom stereocenters. The van der Waals surface area contributed by atoms with Crippen molar-refractivity contribution in [3.05, 3.63) is 54.6 Å². The SMILES string of the molecule is CCN(CC(=O)Nc1ccc(S(=O)(=O)N2CCN(C)CC2)cc1)S(=O)(=O)c1ccccc1. The highest BCUT2D eigenvalue weighted by Gasteiger charge is 2.28. The molecule has 1 amide bonds. The summed E-state index contributed by atoms with van der Waals surface area (Å²) in [5, 5.41) is 2.63. The van der Waals surface area contributed by atoms with Gasteiger partial charge >= 0.3 is 0 Å². The molecule has 0 atom stereocenters. The number of benzene rings is 2. The summed E-state index contributed by atoms with van der Waals surface area (Å²) in [5.41, 5.74) is 0.389. The van der Waals surface area contributed by atoms with E-state index in [4.69, 9.17) is 0 Å². The molecular weight excluding hydrogens is 452 g/mol. The molecule has 174 valence electrons. The van der Waals surface area contributed by atoms with Crippen LogP contribution < -0.4 is 5.32 Å². The van der Waals surface area contributed by atoms with E-state index < -0.39 is 26.0 Å². The normalized spacial score (nSPS) is 16.2. The standard InChI is InChI=1S/C21H28N4O5S2/c1-3-24(31(27,28)19-7-5-4-6-8-19)17-21(26)22-18-9-11-20(12-10-18)32(29,30)25-15-13-23(2)14-16-25/h4-12H,3,13-17H2,1-2H3,(H,22,26). The summed E-state index contributed by atoms with van der Waals surface area (Å²) < 4.78 is 53.6. The van der Waals surface area contributed by atoms with E-state index in [2.05, 4.69) is 10.2 Å². The number of hydrogen-bond donors (Lipinski definition) is 1. The van der Waals surface area contributed by atoms with Crippen LogP contribution in [0.5, 0.6) is 0 Å². The minimum Gasteiger partial charge on any atom is -0.325 e. The number of carbonyl (C=O) groups excluding carboxylic acids is 1. The van der Waals surface area contributed by atoms with Gasteiger partial charge in [0.2, 0.25) is 26.0 Å². The molecule has 1 aliphatic heterocycles. The van der Waals surface area contributed by atoms with Crippen LogP contribution in [-0.2, 0) is 24.8 Å². The molecule has 1 heterocycles. The highest BCUT2D eigenvalue weighted by atomic mass is 32.2. The number of amides is 1. The molecule has 0 aliphatic carbocycles. The van der Waals surface area contributed by atoms with Gasteiger partial charge in [-0.25, -0.2) is 16.8 Å². The second-order valence-electron chi connectivity index (χ2n) is 7.52. The van der Waals surface area contributed by atoms with E-state index in [1.807, 2.05) is 7.05 Å². The van der Waals surface area contributed by atoms with Crippen molar-refractivity contribution in [1.29, 1.82) is 0 Å². The predicted octanol–water partition coefficient (Wildman–Crippen LogP) is 1.27. The van der Waals surface area contributed by atoms with Crippen molar-refractivity contribution in [3.8, 4) is 0 Å². The number of piperazine rings is 1. The van der Waals surface area contributed by atoms with E-state index in [0.717, 1.165) is 4.31 Å². The third-order valence-corrected chi connectivity index (χ3v) is 9.14. The first kappa shape index (κ1) is 24.3. The summed E-state index contributed by atoms with van der Waals surface area (Å²) in [6, 6.07) is 13.8. The van der Waals surface area contributed by atoms with Crippen LogP contribution >= 0.6 is 0 Å². The van der Waals surface area contributed by atoms with E-state index in [1.165, 1.54) is 40.7 Å². The maximum absolute atomic E-state index is 12.8. The number of nitrogens with one attached hydrogen (secondary N) is 1. The van der Waals surface area contributed by atoms with Crippen LogP contribution in [-0.4, -0.2) is 82.6 Å². The van der Waals surface area contributed by atoms with Gasteiger partial charge in [0.25, 0.3) is 0 Å². The third kappa shape index (κ3) is 5.54. The maximum atomic E-state index is 12.8. The molecule has 32 heavy (non-hydrogen) atoms. The van der Waals surface area contributed by atoms with Gasteiger partial charge in [-0.05, 0) is 43.4 Å². The number of hydrogen-bond acceptors (Lipinski definition) is 6. The highest BCUT2D eigenvalue weighted by Crippen LogP contribution is 2.20. The Morgan fingerprint density at radius 1 is 0.906 bits per heavy atom. The lowest BCUT2D eigenvalue weighted by Crippen LogP contribution is -2.46. The second kappa shape index (κ2) is 10.1. The Labute approximate surface area is 189 Å². The Bertz CT molecular complexity index is 1130. The van der Waals surface area contributed by atoms with Crippen molar-refractivity contribution in [2.24, 2.45) is 0 Å². The zero-order valence-electron chi connectivity index (χ0n) is 18.1. The topological polar surface area (TPSA) is 107 Å². The minimum atomic E-state index is -3.80. The predicted molar refractivity (Wildman–Crippen MR) is 122 cm³/mol. The Balaban J connectivity index is 1.65. The van der Waals surface area contributed by atoms with Crippen LogP contribution in [0.1, 0.15) is 6.92 Å². The van der Waals surface area contributed by atoms with Crippen molar-refractivity contribution in [1.82, 2.24) is 13.5 Å². The molecule has 0 saturated carbocycles. The van der Waals surface area contributed by atoms with Crippen LogP contribution in [0, 0.1) is 0 Å². The Morgan fingerprint density at radius 3 is 2.06 bits per heavy atom. The first-order valence-corrected chi connectivity index (χ1v) is 13.2. The van der Waals surface area contributed by atoms with Gasteiger partial charge in [-0.2, -0.15) is 8.61 Å². The Kier molecular flexibility index (Phi) is 7.67. The number of likely N-dealkylation sites (N-methyl/N-ethyl adjacent to an activating group) is 2. The van der Waals surface area contributed by atoms with Crippen LogP contribution in [0.15, 0.2) is 64.4 Å². The number of carbonyl (C=O) groups is 1. The number of nitrogens with zero attached hydrogens (tertiary/aromatic N) is 3. The van der Waals surface area contributed by atoms with E-state index in [-0.39, 0.29) is 22.9 Å². The number of anilines is 1. The van der Waals surface area contributed by atoms with Crippen LogP contribution in [0.3, 0.4) is 0 Å². The smallest absolute Gasteiger partial charge is 0.243 e. The molecule has 0 spiro atoms. The van der Waals surface area contributed by atoms with E-state index in [9.17, 15) is 21.6 Å². The molecular formula is C21H28N4O5S2. The largest absolute Gasteiger partial charge is 0.325 e. The molecule has 3 rings (SSSR count). The molecule has 1 aliphatic rings. The molecule has 0 aromatic heterocycles. The van der Waals surface area contributed by atoms with Gasteiger partial charge in [0.05, 0.1) is 16.3 Å². The Morgan fingerprint density at radius 2 is 1.50 bits per heavy atom. The number of sulfonamides is 2. The summed E-state index contributed by atoms with van der Waals surface area (Å²) >= 11 is 0. The lowest BCUT2D eigenvalue weighted by molar-refractivity contribution is -0.116. The van der Waals surface area contributed by atoms with Gasteiger partial charge in [-0.15, -0.1) is 0 Å². The molecule has 2 aromatic carbocycles. The third-order valence-electron chi connectivity index (χ3n) is 5.29. The van der Waals surface area contributed by atoms with Gasteiger partial charge in [0.15, 0.2) is 0 Å². The molecule has 0 bridgehead atoms. The van der Waals surface area contributed by atoms with Crippen molar-refractivity contribution in [2.45, 2.75) is 16.7 Å². The monoisotopic (exact) mass is 480 g/mol. The van der Waals surface area contributed by atoms with Gasteiger partial charge < -0.3 is 10.2 Å². The summed E-state index contributed by atoms with van der Waals surface area (Å²) in [7, 11) is -5.44. The number of rotatable bonds is 8. The minimum absolute atomic E-state index is 0.119. The van der Waals surface area contributed by atoms with Crippen LogP contribution in [0.2, 0.25) is 0 Å². The van der Waals surface area contributed by atoms with Crippen molar-refractivity contribution in [2.75, 3.05) is 51.6 Å². The Hall–Kier alpha value is -2.31. The zero-order chi connectivity index (χ0) is 23.4. The fourth-order valence-corrected chi connectivity index (χ4v) is 6.21. The van der Waals surface area contributed by atoms with E-state index in [1.54, 1.807) is 25.1 Å². The summed E-state index contributed by atoms with van der Waals surface area (Å²) in [5.74, 6) is -0.513. The van der Waals surface area contributed by atoms with Gasteiger partial charge in [-0.3, -0.25) is 4.79 Å². The molecule has 1 fully saturated rings. The fraction of sp³-hybridized carbons (Fsp3) is 0.381. The van der Waals surface area contributed by atoms with Crippen molar-refractivity contribution >= 4 is 31.6 Å². The van der Waals surface area contributed by atoms with E-state index in [0.29, 0.717) is 31.9 Å². The second-order valence-corrected chi connectivity index (χ2v) is 11.4. The van der Waals surface area contributed by atoms with Gasteiger partial charge in [0, 0.05) is 38.4 Å². The summed E-state index contributed by atoms with van der Waals surface area (Å²) in [6.45, 7) is 3.65. The summed E-state index contributed by atoms with van der Waals surface area (Å²) in [4.78, 5) is 14.8. The molecule has 9 nitrogen and oxygen atoms in total. The zero-order valence-corrected chi connectivity index (χ0v) is 19.8. The molecule has 2 aromatic rings. The quantitative estimate of drug-likeness (QED) is 0.610. The van der Waals surface area contributed by atoms with Crippen LogP contribution in [0.25, 0.3) is 0 Å². The first-order chi connectivity index (χ1) is 15.1. The fourth-order valence-electron chi connectivity index (χ4n) is 3.36.